The van der Waals surface area contributed by atoms with E-state index in [2.05, 4.69) is 10.3 Å². The zero-order valence-electron chi connectivity index (χ0n) is 9.35. The molecule has 1 aromatic heterocycles. The molecule has 1 saturated heterocycles. The first-order valence-electron chi connectivity index (χ1n) is 5.47. The lowest BCUT2D eigenvalue weighted by Gasteiger charge is -2.08. The van der Waals surface area contributed by atoms with Gasteiger partial charge in [0.15, 0.2) is 5.78 Å². The van der Waals surface area contributed by atoms with E-state index in [0.29, 0.717) is 6.42 Å². The Labute approximate surface area is 95.0 Å². The molecule has 0 aromatic carbocycles. The maximum atomic E-state index is 11.9. The van der Waals surface area contributed by atoms with Gasteiger partial charge in [0.05, 0.1) is 12.1 Å². The van der Waals surface area contributed by atoms with Crippen molar-refractivity contribution in [1.29, 1.82) is 0 Å². The van der Waals surface area contributed by atoms with Crippen LogP contribution in [0.3, 0.4) is 0 Å². The van der Waals surface area contributed by atoms with Crippen LogP contribution in [0.25, 0.3) is 0 Å². The normalized spacial score (nSPS) is 24.6. The maximum Gasteiger partial charge on any atom is 0.154 e. The summed E-state index contributed by atoms with van der Waals surface area (Å²) in [5, 5.41) is 3.19. The Morgan fingerprint density at radius 1 is 1.56 bits per heavy atom. The van der Waals surface area contributed by atoms with Crippen molar-refractivity contribution in [2.24, 2.45) is 0 Å². The smallest absolute Gasteiger partial charge is 0.154 e. The molecule has 86 valence electrons. The molecule has 2 rings (SSSR count). The first-order chi connectivity index (χ1) is 7.79. The van der Waals surface area contributed by atoms with Crippen LogP contribution in [0.5, 0.6) is 0 Å². The highest BCUT2D eigenvalue weighted by atomic mass is 16.5. The van der Waals surface area contributed by atoms with E-state index in [4.69, 9.17) is 4.74 Å². The van der Waals surface area contributed by atoms with E-state index in [1.807, 2.05) is 12.1 Å². The van der Waals surface area contributed by atoms with Crippen molar-refractivity contribution in [3.05, 3.63) is 30.1 Å². The number of hydrogen-bond acceptors (Lipinski definition) is 4. The van der Waals surface area contributed by atoms with Crippen molar-refractivity contribution in [1.82, 2.24) is 10.3 Å². The van der Waals surface area contributed by atoms with E-state index in [9.17, 15) is 4.79 Å². The molecule has 4 heteroatoms. The Hall–Kier alpha value is -1.26. The topological polar surface area (TPSA) is 51.2 Å². The summed E-state index contributed by atoms with van der Waals surface area (Å²) in [6, 6.07) is 3.69. The molecular formula is C12H16N2O2. The number of ketones is 1. The Morgan fingerprint density at radius 2 is 2.31 bits per heavy atom. The molecule has 2 atom stereocenters. The van der Waals surface area contributed by atoms with Gasteiger partial charge < -0.3 is 10.1 Å². The molecule has 1 fully saturated rings. The third-order valence-corrected chi connectivity index (χ3v) is 2.94. The fraction of sp³-hybridized carbons (Fsp3) is 0.500. The number of carbonyl (C=O) groups excluding carboxylic acids is 1. The second-order valence-electron chi connectivity index (χ2n) is 4.05. The predicted molar refractivity (Wildman–Crippen MR) is 60.2 cm³/mol. The lowest BCUT2D eigenvalue weighted by atomic mass is 10.0. The Balaban J connectivity index is 1.90. The van der Waals surface area contributed by atoms with Gasteiger partial charge in [-0.15, -0.1) is 0 Å². The average molecular weight is 220 g/mol. The summed E-state index contributed by atoms with van der Waals surface area (Å²) in [5.41, 5.74) is 1.02. The molecule has 0 aliphatic carbocycles. The van der Waals surface area contributed by atoms with E-state index in [1.54, 1.807) is 19.5 Å². The van der Waals surface area contributed by atoms with Crippen molar-refractivity contribution in [3.63, 3.8) is 0 Å². The number of Topliss-reactive ketones (excluding diaryl/α,β-unsaturated/α-hetero) is 1. The highest BCUT2D eigenvalue weighted by Crippen LogP contribution is 2.12. The zero-order chi connectivity index (χ0) is 11.4. The number of ether oxygens (including phenoxy) is 1. The number of rotatable bonds is 4. The standard InChI is InChI=1S/C12H16N2O2/c1-16-10-7-11(14-8-10)12(15)6-9-2-4-13-5-3-9/h2-5,10-11,14H,6-8H2,1H3. The van der Waals surface area contributed by atoms with E-state index in [1.165, 1.54) is 0 Å². The first-order valence-corrected chi connectivity index (χ1v) is 5.47. The molecule has 0 saturated carbocycles. The first kappa shape index (κ1) is 11.2. The van der Waals surface area contributed by atoms with E-state index >= 15 is 0 Å². The highest BCUT2D eigenvalue weighted by molar-refractivity contribution is 5.86. The van der Waals surface area contributed by atoms with Crippen molar-refractivity contribution in [2.75, 3.05) is 13.7 Å². The largest absolute Gasteiger partial charge is 0.380 e. The van der Waals surface area contributed by atoms with Gasteiger partial charge in [0, 0.05) is 32.5 Å². The number of hydrogen-bond donors (Lipinski definition) is 1. The van der Waals surface area contributed by atoms with E-state index in [0.717, 1.165) is 18.5 Å². The molecule has 16 heavy (non-hydrogen) atoms. The lowest BCUT2D eigenvalue weighted by molar-refractivity contribution is -0.120. The van der Waals surface area contributed by atoms with Gasteiger partial charge in [-0.3, -0.25) is 9.78 Å². The lowest BCUT2D eigenvalue weighted by Crippen LogP contribution is -2.31. The molecule has 0 bridgehead atoms. The van der Waals surface area contributed by atoms with Crippen LogP contribution >= 0.6 is 0 Å². The van der Waals surface area contributed by atoms with Gasteiger partial charge in [-0.25, -0.2) is 0 Å². The number of aromatic nitrogens is 1. The number of carbonyl (C=O) groups is 1. The maximum absolute atomic E-state index is 11.9. The van der Waals surface area contributed by atoms with Crippen molar-refractivity contribution >= 4 is 5.78 Å². The third-order valence-electron chi connectivity index (χ3n) is 2.94. The van der Waals surface area contributed by atoms with Gasteiger partial charge in [-0.05, 0) is 24.1 Å². The van der Waals surface area contributed by atoms with Crippen LogP contribution < -0.4 is 5.32 Å². The Kier molecular flexibility index (Phi) is 3.64. The van der Waals surface area contributed by atoms with E-state index < -0.39 is 0 Å². The van der Waals surface area contributed by atoms with Gasteiger partial charge in [0.2, 0.25) is 0 Å². The van der Waals surface area contributed by atoms with Crippen LogP contribution in [0, 0.1) is 0 Å². The van der Waals surface area contributed by atoms with Gasteiger partial charge in [0.25, 0.3) is 0 Å². The summed E-state index contributed by atoms with van der Waals surface area (Å²) in [4.78, 5) is 15.9. The van der Waals surface area contributed by atoms with Crippen LogP contribution in [0.15, 0.2) is 24.5 Å². The molecular weight excluding hydrogens is 204 g/mol. The van der Waals surface area contributed by atoms with Gasteiger partial charge >= 0.3 is 0 Å². The molecule has 2 unspecified atom stereocenters. The summed E-state index contributed by atoms with van der Waals surface area (Å²) in [5.74, 6) is 0.228. The Morgan fingerprint density at radius 3 is 2.94 bits per heavy atom. The van der Waals surface area contributed by atoms with Crippen molar-refractivity contribution in [2.45, 2.75) is 25.0 Å². The molecule has 2 heterocycles. The monoisotopic (exact) mass is 220 g/mol. The quantitative estimate of drug-likeness (QED) is 0.806. The molecule has 1 aromatic rings. The Bertz CT molecular complexity index is 353. The second-order valence-corrected chi connectivity index (χ2v) is 4.05. The predicted octanol–water partition coefficient (Wildman–Crippen LogP) is 0.570. The van der Waals surface area contributed by atoms with Crippen LogP contribution in [0.4, 0.5) is 0 Å². The zero-order valence-corrected chi connectivity index (χ0v) is 9.35. The van der Waals surface area contributed by atoms with Gasteiger partial charge in [-0.2, -0.15) is 0 Å². The molecule has 0 spiro atoms. The second kappa shape index (κ2) is 5.18. The summed E-state index contributed by atoms with van der Waals surface area (Å²) < 4.78 is 5.22. The summed E-state index contributed by atoms with van der Waals surface area (Å²) in [6.45, 7) is 0.767. The number of pyridine rings is 1. The third kappa shape index (κ3) is 2.65. The summed E-state index contributed by atoms with van der Waals surface area (Å²) >= 11 is 0. The molecule has 0 amide bonds. The highest BCUT2D eigenvalue weighted by Gasteiger charge is 2.28. The molecule has 1 aliphatic rings. The van der Waals surface area contributed by atoms with E-state index in [-0.39, 0.29) is 17.9 Å². The van der Waals surface area contributed by atoms with Crippen molar-refractivity contribution < 1.29 is 9.53 Å². The number of methoxy groups -OCH3 is 1. The molecule has 1 N–H and O–H groups in total. The molecule has 4 nitrogen and oxygen atoms in total. The van der Waals surface area contributed by atoms with Crippen LogP contribution in [0.2, 0.25) is 0 Å². The van der Waals surface area contributed by atoms with Crippen LogP contribution in [-0.2, 0) is 16.0 Å². The minimum atomic E-state index is -0.0573. The average Bonchev–Trinajstić information content (AvgIpc) is 2.79. The summed E-state index contributed by atoms with van der Waals surface area (Å²) in [6.07, 6.45) is 4.84. The number of nitrogens with one attached hydrogen (secondary N) is 1. The van der Waals surface area contributed by atoms with Gasteiger partial charge in [-0.1, -0.05) is 0 Å². The number of nitrogens with zero attached hydrogens (tertiary/aromatic N) is 1. The fourth-order valence-corrected chi connectivity index (χ4v) is 1.95. The molecule has 0 radical (unpaired) electrons. The van der Waals surface area contributed by atoms with Crippen LogP contribution in [0.1, 0.15) is 12.0 Å². The SMILES string of the molecule is COC1CNC(C(=O)Cc2ccncc2)C1. The summed E-state index contributed by atoms with van der Waals surface area (Å²) in [7, 11) is 1.68. The van der Waals surface area contributed by atoms with Crippen LogP contribution in [-0.4, -0.2) is 36.6 Å². The minimum absolute atomic E-state index is 0.0573. The minimum Gasteiger partial charge on any atom is -0.380 e. The molecule has 1 aliphatic heterocycles. The fourth-order valence-electron chi connectivity index (χ4n) is 1.95. The van der Waals surface area contributed by atoms with Crippen molar-refractivity contribution in [3.8, 4) is 0 Å². The van der Waals surface area contributed by atoms with Gasteiger partial charge in [0.1, 0.15) is 0 Å².